The number of halogens is 2. The van der Waals surface area contributed by atoms with Gasteiger partial charge in [0, 0.05) is 15.1 Å². The van der Waals surface area contributed by atoms with E-state index in [1.807, 2.05) is 25.2 Å². The maximum absolute atomic E-state index is 5.85. The van der Waals surface area contributed by atoms with Gasteiger partial charge in [-0.05, 0) is 25.2 Å². The van der Waals surface area contributed by atoms with Crippen molar-refractivity contribution >= 4 is 27.5 Å². The van der Waals surface area contributed by atoms with Gasteiger partial charge in [-0.1, -0.05) is 39.4 Å². The van der Waals surface area contributed by atoms with Gasteiger partial charge in [-0.2, -0.15) is 0 Å². The van der Waals surface area contributed by atoms with Gasteiger partial charge in [-0.15, -0.1) is 0 Å². The lowest BCUT2D eigenvalue weighted by atomic mass is 10.2. The molecule has 3 heteroatoms. The van der Waals surface area contributed by atoms with Crippen LogP contribution in [0.2, 0.25) is 5.02 Å². The van der Waals surface area contributed by atoms with Crippen LogP contribution in [0.5, 0.6) is 0 Å². The summed E-state index contributed by atoms with van der Waals surface area (Å²) in [6.07, 6.45) is 0. The molecule has 0 aromatic heterocycles. The lowest BCUT2D eigenvalue weighted by Crippen LogP contribution is -2.04. The van der Waals surface area contributed by atoms with Crippen molar-refractivity contribution in [2.45, 2.75) is 0 Å². The minimum Gasteiger partial charge on any atom is -0.309 e. The molecule has 0 saturated carbocycles. The topological polar surface area (TPSA) is 12.0 Å². The van der Waals surface area contributed by atoms with Crippen molar-refractivity contribution in [3.8, 4) is 11.8 Å². The van der Waals surface area contributed by atoms with Crippen LogP contribution in [0.3, 0.4) is 0 Å². The Bertz CT molecular complexity index is 331. The lowest BCUT2D eigenvalue weighted by Gasteiger charge is -1.94. The predicted octanol–water partition coefficient (Wildman–Crippen LogP) is 2.67. The zero-order valence-electron chi connectivity index (χ0n) is 7.20. The van der Waals surface area contributed by atoms with Crippen LogP contribution in [0.25, 0.3) is 0 Å². The van der Waals surface area contributed by atoms with E-state index in [1.165, 1.54) is 0 Å². The molecule has 1 rings (SSSR count). The third-order valence-corrected chi connectivity index (χ3v) is 2.04. The smallest absolute Gasteiger partial charge is 0.0577 e. The zero-order valence-corrected chi connectivity index (χ0v) is 9.54. The second-order valence-electron chi connectivity index (χ2n) is 2.49. The van der Waals surface area contributed by atoms with E-state index in [2.05, 4.69) is 33.1 Å². The van der Waals surface area contributed by atoms with E-state index in [-0.39, 0.29) is 0 Å². The minimum absolute atomic E-state index is 0.685. The van der Waals surface area contributed by atoms with Crippen LogP contribution in [0.1, 0.15) is 5.56 Å². The Balaban J connectivity index is 2.85. The third kappa shape index (κ3) is 3.82. The van der Waals surface area contributed by atoms with Crippen molar-refractivity contribution < 1.29 is 0 Å². The van der Waals surface area contributed by atoms with Crippen LogP contribution in [-0.2, 0) is 0 Å². The SMILES string of the molecule is CNCC#Cc1cc(Cl)cc(Br)c1. The summed E-state index contributed by atoms with van der Waals surface area (Å²) in [4.78, 5) is 0. The summed E-state index contributed by atoms with van der Waals surface area (Å²) in [6.45, 7) is 0.685. The summed E-state index contributed by atoms with van der Waals surface area (Å²) >= 11 is 9.20. The monoisotopic (exact) mass is 257 g/mol. The van der Waals surface area contributed by atoms with E-state index in [4.69, 9.17) is 11.6 Å². The first-order valence-corrected chi connectivity index (χ1v) is 4.99. The van der Waals surface area contributed by atoms with Crippen molar-refractivity contribution in [3.63, 3.8) is 0 Å². The van der Waals surface area contributed by atoms with E-state index < -0.39 is 0 Å². The standard InChI is InChI=1S/C10H9BrClN/c1-13-4-2-3-8-5-9(11)7-10(12)6-8/h5-7,13H,4H2,1H3. The molecule has 1 aromatic rings. The molecule has 0 saturated heterocycles. The Labute approximate surface area is 91.6 Å². The van der Waals surface area contributed by atoms with Crippen LogP contribution in [0.4, 0.5) is 0 Å². The number of nitrogens with one attached hydrogen (secondary N) is 1. The van der Waals surface area contributed by atoms with Gasteiger partial charge < -0.3 is 5.32 Å². The molecule has 1 aromatic carbocycles. The van der Waals surface area contributed by atoms with Crippen molar-refractivity contribution in [3.05, 3.63) is 33.3 Å². The fraction of sp³-hybridized carbons (Fsp3) is 0.200. The zero-order chi connectivity index (χ0) is 9.68. The molecule has 13 heavy (non-hydrogen) atoms. The molecule has 0 radical (unpaired) electrons. The Morgan fingerprint density at radius 1 is 1.46 bits per heavy atom. The van der Waals surface area contributed by atoms with E-state index >= 15 is 0 Å². The van der Waals surface area contributed by atoms with Gasteiger partial charge >= 0.3 is 0 Å². The minimum atomic E-state index is 0.685. The van der Waals surface area contributed by atoms with Gasteiger partial charge in [0.15, 0.2) is 0 Å². The number of hydrogen-bond acceptors (Lipinski definition) is 1. The van der Waals surface area contributed by atoms with Gasteiger partial charge in [-0.25, -0.2) is 0 Å². The molecule has 68 valence electrons. The van der Waals surface area contributed by atoms with Crippen LogP contribution in [0.15, 0.2) is 22.7 Å². The summed E-state index contributed by atoms with van der Waals surface area (Å²) in [5.41, 5.74) is 0.926. The molecule has 0 amide bonds. The molecule has 0 unspecified atom stereocenters. The van der Waals surface area contributed by atoms with Crippen LogP contribution < -0.4 is 5.32 Å². The van der Waals surface area contributed by atoms with Crippen molar-refractivity contribution in [2.24, 2.45) is 0 Å². The maximum Gasteiger partial charge on any atom is 0.0577 e. The molecular formula is C10H9BrClN. The summed E-state index contributed by atoms with van der Waals surface area (Å²) in [5.74, 6) is 5.97. The van der Waals surface area contributed by atoms with E-state index in [0.717, 1.165) is 10.0 Å². The first-order valence-electron chi connectivity index (χ1n) is 3.82. The highest BCUT2D eigenvalue weighted by molar-refractivity contribution is 9.10. The fourth-order valence-corrected chi connectivity index (χ4v) is 1.72. The number of rotatable bonds is 1. The summed E-state index contributed by atoms with van der Waals surface area (Å²) < 4.78 is 0.953. The Morgan fingerprint density at radius 3 is 2.85 bits per heavy atom. The Kier molecular flexibility index (Phi) is 4.31. The Morgan fingerprint density at radius 2 is 2.23 bits per heavy atom. The molecule has 0 aliphatic carbocycles. The van der Waals surface area contributed by atoms with Gasteiger partial charge in [0.1, 0.15) is 0 Å². The second kappa shape index (κ2) is 5.29. The van der Waals surface area contributed by atoms with Gasteiger partial charge in [0.2, 0.25) is 0 Å². The molecule has 0 heterocycles. The summed E-state index contributed by atoms with van der Waals surface area (Å²) in [5, 5.41) is 3.65. The number of benzene rings is 1. The van der Waals surface area contributed by atoms with Crippen LogP contribution in [0, 0.1) is 11.8 Å². The van der Waals surface area contributed by atoms with Gasteiger partial charge in [-0.3, -0.25) is 0 Å². The quantitative estimate of drug-likeness (QED) is 0.764. The largest absolute Gasteiger partial charge is 0.309 e. The average Bonchev–Trinajstić information content (AvgIpc) is 2.03. The third-order valence-electron chi connectivity index (χ3n) is 1.36. The molecule has 0 spiro atoms. The van der Waals surface area contributed by atoms with Crippen LogP contribution >= 0.6 is 27.5 Å². The second-order valence-corrected chi connectivity index (χ2v) is 3.84. The van der Waals surface area contributed by atoms with Gasteiger partial charge in [0.05, 0.1) is 6.54 Å². The molecule has 1 nitrogen and oxygen atoms in total. The predicted molar refractivity (Wildman–Crippen MR) is 60.0 cm³/mol. The Hall–Kier alpha value is -0.490. The highest BCUT2D eigenvalue weighted by Gasteiger charge is 1.93. The maximum atomic E-state index is 5.85. The number of hydrogen-bond donors (Lipinski definition) is 1. The van der Waals surface area contributed by atoms with Crippen molar-refractivity contribution in [1.29, 1.82) is 0 Å². The molecule has 0 fully saturated rings. The molecule has 0 atom stereocenters. The van der Waals surface area contributed by atoms with Crippen molar-refractivity contribution in [1.82, 2.24) is 5.32 Å². The normalized spacial score (nSPS) is 9.15. The molecular weight excluding hydrogens is 249 g/mol. The first kappa shape index (κ1) is 10.6. The van der Waals surface area contributed by atoms with Crippen molar-refractivity contribution in [2.75, 3.05) is 13.6 Å². The summed E-state index contributed by atoms with van der Waals surface area (Å²) in [6, 6.07) is 5.62. The lowest BCUT2D eigenvalue weighted by molar-refractivity contribution is 0.938. The van der Waals surface area contributed by atoms with E-state index in [9.17, 15) is 0 Å². The fourth-order valence-electron chi connectivity index (χ4n) is 0.861. The first-order chi connectivity index (χ1) is 6.22. The molecule has 0 bridgehead atoms. The van der Waals surface area contributed by atoms with Gasteiger partial charge in [0.25, 0.3) is 0 Å². The highest BCUT2D eigenvalue weighted by Crippen LogP contribution is 2.18. The van der Waals surface area contributed by atoms with E-state index in [1.54, 1.807) is 0 Å². The molecule has 1 N–H and O–H groups in total. The molecule has 0 aliphatic heterocycles. The molecule has 0 aliphatic rings. The average molecular weight is 259 g/mol. The van der Waals surface area contributed by atoms with Crippen LogP contribution in [-0.4, -0.2) is 13.6 Å². The summed E-state index contributed by atoms with van der Waals surface area (Å²) in [7, 11) is 1.86. The van der Waals surface area contributed by atoms with E-state index in [0.29, 0.717) is 11.6 Å². The highest BCUT2D eigenvalue weighted by atomic mass is 79.9.